The van der Waals surface area contributed by atoms with Crippen LogP contribution in [0.2, 0.25) is 0 Å². The van der Waals surface area contributed by atoms with Gasteiger partial charge in [-0.15, -0.1) is 0 Å². The Labute approximate surface area is 185 Å². The van der Waals surface area contributed by atoms with Crippen LogP contribution in [0.15, 0.2) is 0 Å². The van der Waals surface area contributed by atoms with Gasteiger partial charge in [0.25, 0.3) is 0 Å². The van der Waals surface area contributed by atoms with Crippen molar-refractivity contribution in [1.82, 2.24) is 16.0 Å². The fourth-order valence-electron chi connectivity index (χ4n) is 2.57. The van der Waals surface area contributed by atoms with Crippen LogP contribution in [0.4, 0.5) is 0 Å². The summed E-state index contributed by atoms with van der Waals surface area (Å²) in [6.07, 6.45) is -2.26. The van der Waals surface area contributed by atoms with E-state index >= 15 is 0 Å². The van der Waals surface area contributed by atoms with Gasteiger partial charge in [-0.25, -0.2) is 4.79 Å². The normalized spacial score (nSPS) is 16.6. The SMILES string of the molecule is CC(O)C(N)C(=O)NC(CCCCN)C(=O)NC(CC(N)=O)C(=O)NC(C(=O)O)C(C)O. The van der Waals surface area contributed by atoms with Gasteiger partial charge in [-0.1, -0.05) is 0 Å². The fraction of sp³-hybridized carbons (Fsp3) is 0.722. The number of unbranched alkanes of at least 4 members (excludes halogenated alkanes) is 1. The molecule has 0 aliphatic heterocycles. The summed E-state index contributed by atoms with van der Waals surface area (Å²) in [7, 11) is 0. The number of aliphatic hydroxyl groups excluding tert-OH is 2. The molecule has 0 spiro atoms. The number of carboxylic acids is 1. The first-order valence-electron chi connectivity index (χ1n) is 10.1. The Morgan fingerprint density at radius 2 is 1.38 bits per heavy atom. The van der Waals surface area contributed by atoms with Crippen molar-refractivity contribution in [3.05, 3.63) is 0 Å². The third kappa shape index (κ3) is 10.5. The van der Waals surface area contributed by atoms with E-state index in [4.69, 9.17) is 22.3 Å². The smallest absolute Gasteiger partial charge is 0.328 e. The first-order chi connectivity index (χ1) is 14.8. The molecule has 0 saturated heterocycles. The van der Waals surface area contributed by atoms with Crippen molar-refractivity contribution >= 4 is 29.6 Å². The van der Waals surface area contributed by atoms with Gasteiger partial charge in [-0.2, -0.15) is 0 Å². The molecule has 0 aliphatic carbocycles. The predicted octanol–water partition coefficient (Wildman–Crippen LogP) is -4.38. The minimum Gasteiger partial charge on any atom is -0.480 e. The number of hydrogen-bond acceptors (Lipinski definition) is 9. The first kappa shape index (κ1) is 29.2. The highest BCUT2D eigenvalue weighted by Crippen LogP contribution is 2.05. The molecule has 0 radical (unpaired) electrons. The number of aliphatic hydroxyl groups is 2. The maximum Gasteiger partial charge on any atom is 0.328 e. The lowest BCUT2D eigenvalue weighted by atomic mass is 10.1. The van der Waals surface area contributed by atoms with Crippen LogP contribution in [0.3, 0.4) is 0 Å². The molecule has 4 amide bonds. The molecule has 32 heavy (non-hydrogen) atoms. The Morgan fingerprint density at radius 1 is 0.844 bits per heavy atom. The van der Waals surface area contributed by atoms with Crippen molar-refractivity contribution in [3.8, 4) is 0 Å². The third-order valence-electron chi connectivity index (χ3n) is 4.49. The molecular weight excluding hydrogens is 428 g/mol. The van der Waals surface area contributed by atoms with E-state index in [1.807, 2.05) is 5.32 Å². The number of nitrogens with two attached hydrogens (primary N) is 3. The Kier molecular flexibility index (Phi) is 13.0. The number of carbonyl (C=O) groups excluding carboxylic acids is 4. The highest BCUT2D eigenvalue weighted by atomic mass is 16.4. The van der Waals surface area contributed by atoms with E-state index in [1.54, 1.807) is 0 Å². The van der Waals surface area contributed by atoms with Crippen LogP contribution in [0, 0.1) is 0 Å². The van der Waals surface area contributed by atoms with Gasteiger partial charge in [-0.05, 0) is 39.7 Å². The van der Waals surface area contributed by atoms with Gasteiger partial charge < -0.3 is 48.5 Å². The number of hydrogen-bond donors (Lipinski definition) is 9. The molecule has 184 valence electrons. The summed E-state index contributed by atoms with van der Waals surface area (Å²) in [6.45, 7) is 2.76. The zero-order valence-corrected chi connectivity index (χ0v) is 18.1. The third-order valence-corrected chi connectivity index (χ3v) is 4.49. The maximum atomic E-state index is 12.8. The second-order valence-electron chi connectivity index (χ2n) is 7.41. The van der Waals surface area contributed by atoms with Crippen molar-refractivity contribution < 1.29 is 39.3 Å². The van der Waals surface area contributed by atoms with Gasteiger partial charge in [0, 0.05) is 0 Å². The molecule has 0 heterocycles. The summed E-state index contributed by atoms with van der Waals surface area (Å²) in [4.78, 5) is 60.0. The number of rotatable bonds is 15. The summed E-state index contributed by atoms with van der Waals surface area (Å²) in [5.74, 6) is -5.24. The van der Waals surface area contributed by atoms with Gasteiger partial charge in [0.2, 0.25) is 23.6 Å². The molecule has 0 aromatic rings. The van der Waals surface area contributed by atoms with Crippen molar-refractivity contribution in [2.75, 3.05) is 6.54 Å². The predicted molar refractivity (Wildman–Crippen MR) is 111 cm³/mol. The molecule has 6 unspecified atom stereocenters. The zero-order valence-electron chi connectivity index (χ0n) is 18.1. The first-order valence-corrected chi connectivity index (χ1v) is 10.1. The average molecular weight is 463 g/mol. The van der Waals surface area contributed by atoms with Crippen molar-refractivity contribution in [2.45, 2.75) is 75.9 Å². The van der Waals surface area contributed by atoms with E-state index in [0.29, 0.717) is 19.4 Å². The molecule has 14 nitrogen and oxygen atoms in total. The summed E-state index contributed by atoms with van der Waals surface area (Å²) in [6, 6.07) is -5.76. The van der Waals surface area contributed by atoms with Crippen LogP contribution < -0.4 is 33.2 Å². The molecular formula is C18H34N6O8. The minimum atomic E-state index is -1.70. The molecule has 0 aromatic carbocycles. The Bertz CT molecular complexity index is 672. The second-order valence-corrected chi connectivity index (χ2v) is 7.41. The van der Waals surface area contributed by atoms with E-state index < -0.39 is 72.4 Å². The van der Waals surface area contributed by atoms with E-state index in [-0.39, 0.29) is 6.42 Å². The Balaban J connectivity index is 5.52. The summed E-state index contributed by atoms with van der Waals surface area (Å²) >= 11 is 0. The lowest BCUT2D eigenvalue weighted by Gasteiger charge is -2.25. The molecule has 14 heteroatoms. The van der Waals surface area contributed by atoms with Gasteiger partial charge in [0.15, 0.2) is 6.04 Å². The zero-order chi connectivity index (χ0) is 25.0. The number of carboxylic acid groups (broad SMARTS) is 1. The standard InChI is InChI=1S/C18H34N6O8/c1-8(25)13(21)17(30)22-10(5-3-4-6-19)15(28)23-11(7-12(20)27)16(29)24-14(9(2)26)18(31)32/h8-11,13-14,25-26H,3-7,19,21H2,1-2H3,(H2,20,27)(H,22,30)(H,23,28)(H,24,29)(H,31,32). The quantitative estimate of drug-likeness (QED) is 0.105. The average Bonchev–Trinajstić information content (AvgIpc) is 2.68. The minimum absolute atomic E-state index is 0.109. The van der Waals surface area contributed by atoms with Crippen molar-refractivity contribution in [2.24, 2.45) is 17.2 Å². The van der Waals surface area contributed by atoms with E-state index in [2.05, 4.69) is 10.6 Å². The summed E-state index contributed by atoms with van der Waals surface area (Å²) in [5, 5.41) is 34.7. The molecule has 12 N–H and O–H groups in total. The number of aliphatic carboxylic acids is 1. The lowest BCUT2D eigenvalue weighted by molar-refractivity contribution is -0.145. The highest BCUT2D eigenvalue weighted by molar-refractivity contribution is 5.96. The van der Waals surface area contributed by atoms with Gasteiger partial charge in [0.1, 0.15) is 18.1 Å². The van der Waals surface area contributed by atoms with Crippen LogP contribution >= 0.6 is 0 Å². The number of nitrogens with one attached hydrogen (secondary N) is 3. The molecule has 0 saturated carbocycles. The van der Waals surface area contributed by atoms with Gasteiger partial charge in [-0.3, -0.25) is 19.2 Å². The van der Waals surface area contributed by atoms with E-state index in [9.17, 15) is 34.2 Å². The van der Waals surface area contributed by atoms with Crippen LogP contribution in [0.25, 0.3) is 0 Å². The van der Waals surface area contributed by atoms with Crippen LogP contribution in [-0.4, -0.2) is 87.8 Å². The Hall–Kier alpha value is -2.81. The molecule has 0 bridgehead atoms. The number of primary amides is 1. The molecule has 0 aromatic heterocycles. The number of amides is 4. The molecule has 6 atom stereocenters. The summed E-state index contributed by atoms with van der Waals surface area (Å²) < 4.78 is 0. The highest BCUT2D eigenvalue weighted by Gasteiger charge is 2.32. The monoisotopic (exact) mass is 462 g/mol. The van der Waals surface area contributed by atoms with E-state index in [1.165, 1.54) is 6.92 Å². The van der Waals surface area contributed by atoms with Gasteiger partial charge >= 0.3 is 5.97 Å². The summed E-state index contributed by atoms with van der Waals surface area (Å²) in [5.41, 5.74) is 16.1. The second kappa shape index (κ2) is 14.3. The van der Waals surface area contributed by atoms with Crippen LogP contribution in [-0.2, 0) is 24.0 Å². The van der Waals surface area contributed by atoms with Gasteiger partial charge in [0.05, 0.1) is 18.6 Å². The molecule has 0 aliphatic rings. The fourth-order valence-corrected chi connectivity index (χ4v) is 2.57. The van der Waals surface area contributed by atoms with Crippen molar-refractivity contribution in [1.29, 1.82) is 0 Å². The maximum absolute atomic E-state index is 12.8. The largest absolute Gasteiger partial charge is 0.480 e. The van der Waals surface area contributed by atoms with E-state index in [0.717, 1.165) is 6.92 Å². The Morgan fingerprint density at radius 3 is 1.81 bits per heavy atom. The van der Waals surface area contributed by atoms with Crippen molar-refractivity contribution in [3.63, 3.8) is 0 Å². The number of carbonyl (C=O) groups is 5. The molecule has 0 fully saturated rings. The van der Waals surface area contributed by atoms with Crippen LogP contribution in [0.1, 0.15) is 39.5 Å². The molecule has 0 rings (SSSR count). The lowest BCUT2D eigenvalue weighted by Crippen LogP contribution is -2.59. The topological polar surface area (TPSA) is 260 Å². The van der Waals surface area contributed by atoms with Crippen LogP contribution in [0.5, 0.6) is 0 Å².